The Balaban J connectivity index is 1.76. The summed E-state index contributed by atoms with van der Waals surface area (Å²) >= 11 is 1.35. The molecule has 0 unspecified atom stereocenters. The molecule has 5 nitrogen and oxygen atoms in total. The van der Waals surface area contributed by atoms with Crippen LogP contribution in [0.5, 0.6) is 0 Å². The van der Waals surface area contributed by atoms with Gasteiger partial charge in [0.15, 0.2) is 5.82 Å². The summed E-state index contributed by atoms with van der Waals surface area (Å²) in [4.78, 5) is 17.2. The van der Waals surface area contributed by atoms with Crippen molar-refractivity contribution in [2.24, 2.45) is 0 Å². The highest BCUT2D eigenvalue weighted by atomic mass is 32.2. The highest BCUT2D eigenvalue weighted by Gasteiger charge is 2.14. The number of amides is 1. The summed E-state index contributed by atoms with van der Waals surface area (Å²) in [5.74, 6) is -0.594. The molecule has 0 aliphatic heterocycles. The molecule has 3 rings (SSSR count). The second kappa shape index (κ2) is 7.43. The first-order valence-corrected chi connectivity index (χ1v) is 8.28. The summed E-state index contributed by atoms with van der Waals surface area (Å²) in [6.07, 6.45) is 0. The minimum atomic E-state index is -0.760. The Hall–Kier alpha value is -2.74. The average molecular weight is 361 g/mol. The monoisotopic (exact) mass is 361 g/mol. The van der Waals surface area contributed by atoms with Crippen LogP contribution in [0.25, 0.3) is 0 Å². The number of aryl methyl sites for hydroxylation is 1. The molecule has 3 aromatic rings. The molecule has 1 amide bonds. The number of hydrogen-bond acceptors (Lipinski definition) is 5. The zero-order valence-electron chi connectivity index (χ0n) is 13.1. The number of halogens is 2. The molecule has 1 aromatic heterocycles. The molecule has 1 N–H and O–H groups in total. The lowest BCUT2D eigenvalue weighted by Crippen LogP contribution is -2.13. The second-order valence-corrected chi connectivity index (χ2v) is 6.15. The Morgan fingerprint density at radius 3 is 2.60 bits per heavy atom. The Kier molecular flexibility index (Phi) is 5.08. The van der Waals surface area contributed by atoms with Crippen LogP contribution in [0.2, 0.25) is 0 Å². The quantitative estimate of drug-likeness (QED) is 0.690. The summed E-state index contributed by atoms with van der Waals surface area (Å²) in [6, 6.07) is 9.76. The number of carbonyl (C=O) groups is 1. The van der Waals surface area contributed by atoms with Crippen molar-refractivity contribution in [2.45, 2.75) is 17.6 Å². The molecule has 0 saturated heterocycles. The van der Waals surface area contributed by atoms with E-state index < -0.39 is 17.5 Å². The predicted molar refractivity (Wildman–Crippen MR) is 89.3 cm³/mol. The van der Waals surface area contributed by atoms with Gasteiger partial charge in [0.2, 0.25) is 5.89 Å². The maximum absolute atomic E-state index is 13.3. The van der Waals surface area contributed by atoms with E-state index in [0.717, 1.165) is 18.2 Å². The number of nitrogens with one attached hydrogen (secondary N) is 1. The van der Waals surface area contributed by atoms with Crippen LogP contribution in [0.3, 0.4) is 0 Å². The average Bonchev–Trinajstić information content (AvgIpc) is 2.97. The van der Waals surface area contributed by atoms with Gasteiger partial charge in [-0.05, 0) is 31.2 Å². The fourth-order valence-electron chi connectivity index (χ4n) is 2.14. The number of hydrogen-bond donors (Lipinski definition) is 1. The lowest BCUT2D eigenvalue weighted by atomic mass is 10.2. The van der Waals surface area contributed by atoms with Crippen LogP contribution in [-0.2, 0) is 5.75 Å². The van der Waals surface area contributed by atoms with E-state index >= 15 is 0 Å². The van der Waals surface area contributed by atoms with Gasteiger partial charge in [-0.1, -0.05) is 17.3 Å². The zero-order valence-corrected chi connectivity index (χ0v) is 13.9. The molecule has 0 spiro atoms. The van der Waals surface area contributed by atoms with Crippen LogP contribution in [0, 0.1) is 18.6 Å². The number of rotatable bonds is 5. The Morgan fingerprint density at radius 1 is 1.20 bits per heavy atom. The van der Waals surface area contributed by atoms with Crippen molar-refractivity contribution in [3.05, 3.63) is 71.4 Å². The smallest absolute Gasteiger partial charge is 0.256 e. The largest absolute Gasteiger partial charge is 0.338 e. The van der Waals surface area contributed by atoms with Gasteiger partial charge >= 0.3 is 0 Å². The molecule has 0 radical (unpaired) electrons. The number of thioether (sulfide) groups is 1. The van der Waals surface area contributed by atoms with Gasteiger partial charge < -0.3 is 9.84 Å². The molecule has 0 fully saturated rings. The molecule has 1 heterocycles. The highest BCUT2D eigenvalue weighted by molar-refractivity contribution is 7.98. The summed E-state index contributed by atoms with van der Waals surface area (Å²) in [6.45, 7) is 1.72. The molecule has 8 heteroatoms. The highest BCUT2D eigenvalue weighted by Crippen LogP contribution is 2.26. The summed E-state index contributed by atoms with van der Waals surface area (Å²) < 4.78 is 31.5. The van der Waals surface area contributed by atoms with E-state index in [4.69, 9.17) is 4.52 Å². The molecule has 128 valence electrons. The van der Waals surface area contributed by atoms with Crippen LogP contribution < -0.4 is 5.32 Å². The minimum absolute atomic E-state index is 0.0508. The van der Waals surface area contributed by atoms with Crippen molar-refractivity contribution < 1.29 is 18.1 Å². The fraction of sp³-hybridized carbons (Fsp3) is 0.118. The van der Waals surface area contributed by atoms with Gasteiger partial charge in [-0.2, -0.15) is 4.98 Å². The number of carbonyl (C=O) groups excluding carboxylic acids is 1. The van der Waals surface area contributed by atoms with Gasteiger partial charge in [-0.15, -0.1) is 11.8 Å². The third kappa shape index (κ3) is 4.42. The maximum atomic E-state index is 13.3. The van der Waals surface area contributed by atoms with Crippen molar-refractivity contribution in [3.63, 3.8) is 0 Å². The lowest BCUT2D eigenvalue weighted by molar-refractivity contribution is 0.102. The SMILES string of the molecule is Cc1noc(CSc2ccccc2C(=O)Nc2cc(F)cc(F)c2)n1. The summed E-state index contributed by atoms with van der Waals surface area (Å²) in [5, 5.41) is 6.21. The normalized spacial score (nSPS) is 10.7. The van der Waals surface area contributed by atoms with Crippen LogP contribution in [0.15, 0.2) is 51.9 Å². The first-order valence-electron chi connectivity index (χ1n) is 7.30. The van der Waals surface area contributed by atoms with Gasteiger partial charge in [0.05, 0.1) is 11.3 Å². The number of nitrogens with zero attached hydrogens (tertiary/aromatic N) is 2. The molecule has 0 saturated carbocycles. The Labute approximate surface area is 146 Å². The van der Waals surface area contributed by atoms with Crippen LogP contribution in [-0.4, -0.2) is 16.0 Å². The van der Waals surface area contributed by atoms with Gasteiger partial charge in [-0.25, -0.2) is 8.78 Å². The molecule has 0 atom stereocenters. The van der Waals surface area contributed by atoms with E-state index in [2.05, 4.69) is 15.5 Å². The molecular weight excluding hydrogens is 348 g/mol. The second-order valence-electron chi connectivity index (χ2n) is 5.13. The van der Waals surface area contributed by atoms with Gasteiger partial charge in [-0.3, -0.25) is 4.79 Å². The number of benzene rings is 2. The molecule has 2 aromatic carbocycles. The van der Waals surface area contributed by atoms with E-state index in [9.17, 15) is 13.6 Å². The number of aromatic nitrogens is 2. The minimum Gasteiger partial charge on any atom is -0.338 e. The van der Waals surface area contributed by atoms with E-state index in [1.165, 1.54) is 11.8 Å². The predicted octanol–water partition coefficient (Wildman–Crippen LogP) is 4.20. The van der Waals surface area contributed by atoms with Crippen LogP contribution >= 0.6 is 11.8 Å². The summed E-state index contributed by atoms with van der Waals surface area (Å²) in [7, 11) is 0. The first-order chi connectivity index (χ1) is 12.0. The zero-order chi connectivity index (χ0) is 17.8. The van der Waals surface area contributed by atoms with Gasteiger partial charge in [0.1, 0.15) is 11.6 Å². The summed E-state index contributed by atoms with van der Waals surface area (Å²) in [5.41, 5.74) is 0.434. The molecular formula is C17H13F2N3O2S. The van der Waals surface area contributed by atoms with Gasteiger partial charge in [0.25, 0.3) is 5.91 Å². The van der Waals surface area contributed by atoms with Crippen molar-refractivity contribution in [3.8, 4) is 0 Å². The number of anilines is 1. The third-order valence-electron chi connectivity index (χ3n) is 3.17. The molecule has 0 aliphatic rings. The third-order valence-corrected chi connectivity index (χ3v) is 4.23. The van der Waals surface area contributed by atoms with Crippen molar-refractivity contribution in [1.29, 1.82) is 0 Å². The molecule has 0 aliphatic carbocycles. The Bertz CT molecular complexity index is 894. The topological polar surface area (TPSA) is 68.0 Å². The fourth-order valence-corrected chi connectivity index (χ4v) is 3.03. The van der Waals surface area contributed by atoms with E-state index in [1.54, 1.807) is 31.2 Å². The van der Waals surface area contributed by atoms with Crippen LogP contribution in [0.1, 0.15) is 22.1 Å². The van der Waals surface area contributed by atoms with Crippen molar-refractivity contribution in [2.75, 3.05) is 5.32 Å². The lowest BCUT2D eigenvalue weighted by Gasteiger charge is -2.09. The van der Waals surface area contributed by atoms with Crippen LogP contribution in [0.4, 0.5) is 14.5 Å². The van der Waals surface area contributed by atoms with E-state index in [1.807, 2.05) is 0 Å². The molecule has 0 bridgehead atoms. The van der Waals surface area contributed by atoms with Crippen molar-refractivity contribution >= 4 is 23.4 Å². The Morgan fingerprint density at radius 2 is 1.92 bits per heavy atom. The maximum Gasteiger partial charge on any atom is 0.256 e. The standard InChI is InChI=1S/C17H13F2N3O2S/c1-10-20-16(24-22-10)9-25-15-5-3-2-4-14(15)17(23)21-13-7-11(18)6-12(19)8-13/h2-8H,9H2,1H3,(H,21,23). The van der Waals surface area contributed by atoms with E-state index in [-0.39, 0.29) is 5.69 Å². The first kappa shape index (κ1) is 17.1. The molecule has 25 heavy (non-hydrogen) atoms. The van der Waals surface area contributed by atoms with Crippen molar-refractivity contribution in [1.82, 2.24) is 10.1 Å². The van der Waals surface area contributed by atoms with Gasteiger partial charge in [0, 0.05) is 16.6 Å². The van der Waals surface area contributed by atoms with E-state index in [0.29, 0.717) is 27.9 Å².